The van der Waals surface area contributed by atoms with Gasteiger partial charge >= 0.3 is 0 Å². The Morgan fingerprint density at radius 3 is 2.57 bits per heavy atom. The number of ether oxygens (including phenoxy) is 1. The van der Waals surface area contributed by atoms with Gasteiger partial charge in [0.2, 0.25) is 0 Å². The number of hydrogen-bond donors (Lipinski definition) is 0. The molecule has 1 saturated carbocycles. The number of carbonyl (C=O) groups is 1. The number of benzene rings is 1. The van der Waals surface area contributed by atoms with E-state index in [2.05, 4.69) is 6.92 Å². The molecule has 116 valence electrons. The van der Waals surface area contributed by atoms with Crippen molar-refractivity contribution < 1.29 is 9.53 Å². The van der Waals surface area contributed by atoms with E-state index in [1.165, 1.54) is 17.7 Å². The number of nitrogens with zero attached hydrogens (tertiary/aromatic N) is 1. The monoisotopic (exact) mass is 307 g/mol. The van der Waals surface area contributed by atoms with Crippen LogP contribution in [0.25, 0.3) is 0 Å². The average molecular weight is 307 g/mol. The molecule has 2 rings (SSSR count). The highest BCUT2D eigenvalue weighted by molar-refractivity contribution is 7.98. The number of hydrogen-bond acceptors (Lipinski definition) is 3. The second-order valence-corrected chi connectivity index (χ2v) is 6.54. The first-order chi connectivity index (χ1) is 10.1. The average Bonchev–Trinajstić information content (AvgIpc) is 3.31. The molecule has 0 spiro atoms. The minimum absolute atomic E-state index is 0.109. The van der Waals surface area contributed by atoms with Crippen molar-refractivity contribution in [1.29, 1.82) is 0 Å². The van der Waals surface area contributed by atoms with E-state index in [-0.39, 0.29) is 5.91 Å². The number of rotatable bonds is 8. The van der Waals surface area contributed by atoms with Gasteiger partial charge in [0.25, 0.3) is 5.91 Å². The fourth-order valence-corrected chi connectivity index (χ4v) is 2.75. The van der Waals surface area contributed by atoms with Crippen molar-refractivity contribution >= 4 is 17.7 Å². The summed E-state index contributed by atoms with van der Waals surface area (Å²) in [5.41, 5.74) is 0. The molecule has 0 heterocycles. The van der Waals surface area contributed by atoms with Gasteiger partial charge < -0.3 is 9.64 Å². The van der Waals surface area contributed by atoms with Crippen LogP contribution in [-0.2, 0) is 4.79 Å². The zero-order valence-electron chi connectivity index (χ0n) is 13.2. The molecule has 0 radical (unpaired) electrons. The molecule has 0 bridgehead atoms. The molecular formula is C17H25NO2S. The molecule has 1 aliphatic carbocycles. The molecule has 3 nitrogen and oxygen atoms in total. The van der Waals surface area contributed by atoms with Crippen molar-refractivity contribution in [1.82, 2.24) is 4.90 Å². The van der Waals surface area contributed by atoms with E-state index >= 15 is 0 Å². The fourth-order valence-electron chi connectivity index (χ4n) is 2.34. The van der Waals surface area contributed by atoms with Crippen LogP contribution in [0.3, 0.4) is 0 Å². The van der Waals surface area contributed by atoms with E-state index in [1.807, 2.05) is 42.3 Å². The summed E-state index contributed by atoms with van der Waals surface area (Å²) >= 11 is 1.70. The second kappa shape index (κ2) is 7.74. The van der Waals surface area contributed by atoms with E-state index in [4.69, 9.17) is 4.74 Å². The summed E-state index contributed by atoms with van der Waals surface area (Å²) in [4.78, 5) is 15.7. The lowest BCUT2D eigenvalue weighted by Crippen LogP contribution is -2.42. The van der Waals surface area contributed by atoms with Crippen molar-refractivity contribution in [2.45, 2.75) is 44.1 Å². The number of thioether (sulfide) groups is 1. The van der Waals surface area contributed by atoms with Crippen molar-refractivity contribution in [3.05, 3.63) is 24.3 Å². The van der Waals surface area contributed by atoms with Gasteiger partial charge in [0.05, 0.1) is 0 Å². The zero-order chi connectivity index (χ0) is 15.2. The van der Waals surface area contributed by atoms with Crippen LogP contribution >= 0.6 is 11.8 Å². The molecule has 1 amide bonds. The van der Waals surface area contributed by atoms with Crippen LogP contribution in [0.2, 0.25) is 0 Å². The van der Waals surface area contributed by atoms with Gasteiger partial charge in [-0.2, -0.15) is 0 Å². The largest absolute Gasteiger partial charge is 0.481 e. The highest BCUT2D eigenvalue weighted by Gasteiger charge is 2.29. The Bertz CT molecular complexity index is 456. The summed E-state index contributed by atoms with van der Waals surface area (Å²) in [6, 6.07) is 7.90. The smallest absolute Gasteiger partial charge is 0.263 e. The molecule has 0 aliphatic heterocycles. The van der Waals surface area contributed by atoms with Gasteiger partial charge in [0.1, 0.15) is 5.75 Å². The minimum atomic E-state index is -0.421. The molecule has 1 atom stereocenters. The van der Waals surface area contributed by atoms with E-state index in [1.54, 1.807) is 11.8 Å². The Morgan fingerprint density at radius 2 is 2.05 bits per heavy atom. The normalized spacial score (nSPS) is 15.6. The Balaban J connectivity index is 1.92. The Hall–Kier alpha value is -1.16. The quantitative estimate of drug-likeness (QED) is 0.684. The predicted molar refractivity (Wildman–Crippen MR) is 87.9 cm³/mol. The first-order valence-corrected chi connectivity index (χ1v) is 8.96. The van der Waals surface area contributed by atoms with Crippen LogP contribution in [0.1, 0.15) is 33.1 Å². The van der Waals surface area contributed by atoms with E-state index < -0.39 is 6.10 Å². The van der Waals surface area contributed by atoms with Crippen LogP contribution < -0.4 is 4.74 Å². The third kappa shape index (κ3) is 4.95. The minimum Gasteiger partial charge on any atom is -0.481 e. The highest BCUT2D eigenvalue weighted by Crippen LogP contribution is 2.30. The third-order valence-corrected chi connectivity index (χ3v) is 4.44. The van der Waals surface area contributed by atoms with E-state index in [9.17, 15) is 4.79 Å². The second-order valence-electron chi connectivity index (χ2n) is 5.66. The SMILES string of the molecule is CCCN(CC1CC1)C(=O)C(C)Oc1ccc(SC)cc1. The Kier molecular flexibility index (Phi) is 5.97. The number of carbonyl (C=O) groups excluding carboxylic acids is 1. The lowest BCUT2D eigenvalue weighted by Gasteiger charge is -2.25. The summed E-state index contributed by atoms with van der Waals surface area (Å²) in [5, 5.41) is 0. The molecule has 1 aromatic rings. The molecule has 1 unspecified atom stereocenters. The standard InChI is InChI=1S/C17H25NO2S/c1-4-11-18(12-14-5-6-14)17(19)13(2)20-15-7-9-16(21-3)10-8-15/h7-10,13-14H,4-6,11-12H2,1-3H3. The topological polar surface area (TPSA) is 29.5 Å². The van der Waals surface area contributed by atoms with Crippen molar-refractivity contribution in [2.75, 3.05) is 19.3 Å². The lowest BCUT2D eigenvalue weighted by atomic mass is 10.2. The van der Waals surface area contributed by atoms with Crippen LogP contribution in [-0.4, -0.2) is 36.3 Å². The Morgan fingerprint density at radius 1 is 1.38 bits per heavy atom. The fraction of sp³-hybridized carbons (Fsp3) is 0.588. The maximum absolute atomic E-state index is 12.5. The molecular weight excluding hydrogens is 282 g/mol. The van der Waals surface area contributed by atoms with Crippen molar-refractivity contribution in [3.8, 4) is 5.75 Å². The van der Waals surface area contributed by atoms with Gasteiger partial charge in [-0.05, 0) is 62.6 Å². The van der Waals surface area contributed by atoms with Crippen LogP contribution in [0.5, 0.6) is 5.75 Å². The summed E-state index contributed by atoms with van der Waals surface area (Å²) in [6.07, 6.45) is 5.14. The molecule has 0 N–H and O–H groups in total. The maximum atomic E-state index is 12.5. The molecule has 4 heteroatoms. The highest BCUT2D eigenvalue weighted by atomic mass is 32.2. The molecule has 0 saturated heterocycles. The van der Waals surface area contributed by atoms with Gasteiger partial charge in [0, 0.05) is 18.0 Å². The summed E-state index contributed by atoms with van der Waals surface area (Å²) < 4.78 is 5.80. The van der Waals surface area contributed by atoms with E-state index in [0.29, 0.717) is 5.92 Å². The van der Waals surface area contributed by atoms with Gasteiger partial charge in [0.15, 0.2) is 6.10 Å². The zero-order valence-corrected chi connectivity index (χ0v) is 14.0. The summed E-state index contributed by atoms with van der Waals surface area (Å²) in [7, 11) is 0. The van der Waals surface area contributed by atoms with Crippen molar-refractivity contribution in [2.24, 2.45) is 5.92 Å². The molecule has 1 fully saturated rings. The van der Waals surface area contributed by atoms with E-state index in [0.717, 1.165) is 25.3 Å². The first kappa shape index (κ1) is 16.2. The molecule has 0 aromatic heterocycles. The van der Waals surface area contributed by atoms with Crippen LogP contribution in [0.15, 0.2) is 29.2 Å². The van der Waals surface area contributed by atoms with Crippen molar-refractivity contribution in [3.63, 3.8) is 0 Å². The van der Waals surface area contributed by atoms with Crippen LogP contribution in [0, 0.1) is 5.92 Å². The Labute approximate surface area is 132 Å². The number of amides is 1. The summed E-state index contributed by atoms with van der Waals surface area (Å²) in [6.45, 7) is 5.68. The lowest BCUT2D eigenvalue weighted by molar-refractivity contribution is -0.138. The summed E-state index contributed by atoms with van der Waals surface area (Å²) in [5.74, 6) is 1.59. The third-order valence-electron chi connectivity index (χ3n) is 3.70. The molecule has 1 aromatic carbocycles. The predicted octanol–water partition coefficient (Wildman–Crippen LogP) is 3.82. The van der Waals surface area contributed by atoms with Gasteiger partial charge in [-0.3, -0.25) is 4.79 Å². The molecule has 1 aliphatic rings. The van der Waals surface area contributed by atoms with Gasteiger partial charge in [-0.25, -0.2) is 0 Å². The first-order valence-electron chi connectivity index (χ1n) is 7.73. The molecule has 21 heavy (non-hydrogen) atoms. The van der Waals surface area contributed by atoms with Crippen LogP contribution in [0.4, 0.5) is 0 Å². The maximum Gasteiger partial charge on any atom is 0.263 e. The van der Waals surface area contributed by atoms with Gasteiger partial charge in [-0.15, -0.1) is 11.8 Å². The van der Waals surface area contributed by atoms with Gasteiger partial charge in [-0.1, -0.05) is 6.92 Å².